The van der Waals surface area contributed by atoms with Crippen LogP contribution in [0.1, 0.15) is 18.4 Å². The van der Waals surface area contributed by atoms with Crippen molar-refractivity contribution in [3.63, 3.8) is 0 Å². The summed E-state index contributed by atoms with van der Waals surface area (Å²) in [6.07, 6.45) is 1.72. The summed E-state index contributed by atoms with van der Waals surface area (Å²) in [4.78, 5) is 0. The van der Waals surface area contributed by atoms with Gasteiger partial charge in [-0.25, -0.2) is 8.78 Å². The van der Waals surface area contributed by atoms with E-state index in [0.717, 1.165) is 30.2 Å². The molecule has 0 radical (unpaired) electrons. The first-order valence-electron chi connectivity index (χ1n) is 7.04. The van der Waals surface area contributed by atoms with Crippen molar-refractivity contribution >= 4 is 5.69 Å². The average molecular weight is 291 g/mol. The lowest BCUT2D eigenvalue weighted by Gasteiger charge is -2.10. The second-order valence-corrected chi connectivity index (χ2v) is 4.87. The Morgan fingerprint density at radius 2 is 1.86 bits per heavy atom. The maximum atomic E-state index is 13.4. The van der Waals surface area contributed by atoms with Crippen molar-refractivity contribution in [2.75, 3.05) is 18.5 Å². The number of halogens is 2. The van der Waals surface area contributed by atoms with Crippen LogP contribution in [0.25, 0.3) is 0 Å². The fourth-order valence-electron chi connectivity index (χ4n) is 1.98. The summed E-state index contributed by atoms with van der Waals surface area (Å²) in [5, 5.41) is 2.95. The van der Waals surface area contributed by atoms with Gasteiger partial charge in [-0.05, 0) is 43.5 Å². The van der Waals surface area contributed by atoms with Gasteiger partial charge in [0.05, 0.1) is 12.3 Å². The molecule has 0 bridgehead atoms. The van der Waals surface area contributed by atoms with Gasteiger partial charge in [-0.2, -0.15) is 0 Å². The number of benzene rings is 2. The quantitative estimate of drug-likeness (QED) is 0.756. The van der Waals surface area contributed by atoms with Gasteiger partial charge < -0.3 is 10.1 Å². The molecule has 0 aliphatic carbocycles. The maximum absolute atomic E-state index is 13.4. The lowest BCUT2D eigenvalue weighted by atomic mass is 10.2. The zero-order valence-corrected chi connectivity index (χ0v) is 12.0. The summed E-state index contributed by atoms with van der Waals surface area (Å²) >= 11 is 0. The molecule has 2 aromatic rings. The molecule has 0 saturated carbocycles. The van der Waals surface area contributed by atoms with E-state index in [-0.39, 0.29) is 0 Å². The van der Waals surface area contributed by atoms with Gasteiger partial charge in [-0.3, -0.25) is 0 Å². The molecule has 0 aliphatic heterocycles. The van der Waals surface area contributed by atoms with E-state index < -0.39 is 11.6 Å². The van der Waals surface area contributed by atoms with E-state index in [1.807, 2.05) is 31.2 Å². The number of para-hydroxylation sites is 1. The molecular weight excluding hydrogens is 272 g/mol. The van der Waals surface area contributed by atoms with E-state index in [2.05, 4.69) is 5.32 Å². The number of hydrogen-bond acceptors (Lipinski definition) is 2. The number of rotatable bonds is 7. The fraction of sp³-hybridized carbons (Fsp3) is 0.294. The van der Waals surface area contributed by atoms with E-state index in [4.69, 9.17) is 4.74 Å². The number of aryl methyl sites for hydroxylation is 1. The topological polar surface area (TPSA) is 21.3 Å². The Labute approximate surface area is 123 Å². The molecule has 21 heavy (non-hydrogen) atoms. The molecule has 0 unspecified atom stereocenters. The standard InChI is InChI=1S/C17H19F2NO/c1-13-6-2-3-7-17(13)21-11-5-4-10-20-16-9-8-14(18)12-15(16)19/h2-3,6-9,12,20H,4-5,10-11H2,1H3. The molecule has 2 aromatic carbocycles. The van der Waals surface area contributed by atoms with Crippen LogP contribution in [0.3, 0.4) is 0 Å². The highest BCUT2D eigenvalue weighted by Gasteiger charge is 2.02. The van der Waals surface area contributed by atoms with Crippen LogP contribution < -0.4 is 10.1 Å². The monoisotopic (exact) mass is 291 g/mol. The van der Waals surface area contributed by atoms with E-state index in [1.54, 1.807) is 0 Å². The van der Waals surface area contributed by atoms with Crippen molar-refractivity contribution in [3.8, 4) is 5.75 Å². The maximum Gasteiger partial charge on any atom is 0.149 e. The molecule has 0 heterocycles. The highest BCUT2D eigenvalue weighted by Crippen LogP contribution is 2.17. The fourth-order valence-corrected chi connectivity index (χ4v) is 1.98. The van der Waals surface area contributed by atoms with Crippen LogP contribution in [0, 0.1) is 18.6 Å². The van der Waals surface area contributed by atoms with Crippen LogP contribution in [0.4, 0.5) is 14.5 Å². The van der Waals surface area contributed by atoms with E-state index in [1.165, 1.54) is 12.1 Å². The first-order chi connectivity index (χ1) is 10.2. The Morgan fingerprint density at radius 3 is 2.62 bits per heavy atom. The minimum atomic E-state index is -0.565. The number of hydrogen-bond donors (Lipinski definition) is 1. The van der Waals surface area contributed by atoms with Crippen LogP contribution in [0.15, 0.2) is 42.5 Å². The largest absolute Gasteiger partial charge is 0.493 e. The van der Waals surface area contributed by atoms with Gasteiger partial charge in [-0.15, -0.1) is 0 Å². The Bertz CT molecular complexity index is 587. The third-order valence-corrected chi connectivity index (χ3v) is 3.17. The molecule has 0 saturated heterocycles. The van der Waals surface area contributed by atoms with Crippen LogP contribution in [-0.4, -0.2) is 13.2 Å². The van der Waals surface area contributed by atoms with E-state index in [0.29, 0.717) is 18.8 Å². The minimum absolute atomic E-state index is 0.330. The molecule has 112 valence electrons. The predicted molar refractivity (Wildman–Crippen MR) is 80.8 cm³/mol. The minimum Gasteiger partial charge on any atom is -0.493 e. The first kappa shape index (κ1) is 15.3. The molecule has 0 aromatic heterocycles. The third-order valence-electron chi connectivity index (χ3n) is 3.17. The van der Waals surface area contributed by atoms with Crippen molar-refractivity contribution < 1.29 is 13.5 Å². The zero-order chi connectivity index (χ0) is 15.1. The Kier molecular flexibility index (Phi) is 5.55. The molecule has 0 aliphatic rings. The van der Waals surface area contributed by atoms with E-state index >= 15 is 0 Å². The number of ether oxygens (including phenoxy) is 1. The summed E-state index contributed by atoms with van der Waals surface area (Å²) in [5.74, 6) is -0.231. The highest BCUT2D eigenvalue weighted by atomic mass is 19.1. The zero-order valence-electron chi connectivity index (χ0n) is 12.0. The normalized spacial score (nSPS) is 10.4. The molecule has 2 rings (SSSR count). The van der Waals surface area contributed by atoms with Gasteiger partial charge in [0, 0.05) is 12.6 Å². The Hall–Kier alpha value is -2.10. The Morgan fingerprint density at radius 1 is 1.05 bits per heavy atom. The summed E-state index contributed by atoms with van der Waals surface area (Å²) in [5.41, 5.74) is 1.44. The summed E-state index contributed by atoms with van der Waals surface area (Å²) < 4.78 is 31.8. The van der Waals surface area contributed by atoms with Crippen LogP contribution >= 0.6 is 0 Å². The summed E-state index contributed by atoms with van der Waals surface area (Å²) in [7, 11) is 0. The van der Waals surface area contributed by atoms with E-state index in [9.17, 15) is 8.78 Å². The number of nitrogens with one attached hydrogen (secondary N) is 1. The average Bonchev–Trinajstić information content (AvgIpc) is 2.46. The van der Waals surface area contributed by atoms with Crippen LogP contribution in [0.5, 0.6) is 5.75 Å². The summed E-state index contributed by atoms with van der Waals surface area (Å²) in [6, 6.07) is 11.4. The van der Waals surface area contributed by atoms with Crippen LogP contribution in [-0.2, 0) is 0 Å². The lowest BCUT2D eigenvalue weighted by molar-refractivity contribution is 0.306. The van der Waals surface area contributed by atoms with Crippen molar-refractivity contribution in [3.05, 3.63) is 59.7 Å². The van der Waals surface area contributed by atoms with Crippen LogP contribution in [0.2, 0.25) is 0 Å². The molecular formula is C17H19F2NO. The van der Waals surface area contributed by atoms with Gasteiger partial charge in [0.15, 0.2) is 0 Å². The highest BCUT2D eigenvalue weighted by molar-refractivity contribution is 5.44. The number of anilines is 1. The predicted octanol–water partition coefficient (Wildman–Crippen LogP) is 4.54. The van der Waals surface area contributed by atoms with Crippen molar-refractivity contribution in [1.82, 2.24) is 0 Å². The van der Waals surface area contributed by atoms with Gasteiger partial charge in [-0.1, -0.05) is 18.2 Å². The smallest absolute Gasteiger partial charge is 0.149 e. The van der Waals surface area contributed by atoms with Crippen molar-refractivity contribution in [2.45, 2.75) is 19.8 Å². The molecule has 1 N–H and O–H groups in total. The van der Waals surface area contributed by atoms with Gasteiger partial charge in [0.25, 0.3) is 0 Å². The Balaban J connectivity index is 1.65. The first-order valence-corrected chi connectivity index (χ1v) is 7.04. The molecule has 2 nitrogen and oxygen atoms in total. The van der Waals surface area contributed by atoms with Gasteiger partial charge >= 0.3 is 0 Å². The second kappa shape index (κ2) is 7.62. The molecule has 0 atom stereocenters. The van der Waals surface area contributed by atoms with Crippen molar-refractivity contribution in [2.24, 2.45) is 0 Å². The summed E-state index contributed by atoms with van der Waals surface area (Å²) in [6.45, 7) is 3.26. The van der Waals surface area contributed by atoms with Gasteiger partial charge in [0.1, 0.15) is 17.4 Å². The molecule has 0 spiro atoms. The SMILES string of the molecule is Cc1ccccc1OCCCCNc1ccc(F)cc1F. The number of unbranched alkanes of at least 4 members (excludes halogenated alkanes) is 1. The second-order valence-electron chi connectivity index (χ2n) is 4.87. The molecule has 4 heteroatoms. The molecule has 0 amide bonds. The third kappa shape index (κ3) is 4.74. The van der Waals surface area contributed by atoms with Crippen molar-refractivity contribution in [1.29, 1.82) is 0 Å². The lowest BCUT2D eigenvalue weighted by Crippen LogP contribution is -2.06. The van der Waals surface area contributed by atoms with Gasteiger partial charge in [0.2, 0.25) is 0 Å². The molecule has 0 fully saturated rings.